The molecule has 22 heavy (non-hydrogen) atoms. The molecule has 4 rings (SSSR count). The van der Waals surface area contributed by atoms with Gasteiger partial charge < -0.3 is 0 Å². The normalized spacial score (nSPS) is 40.0. The molecule has 3 nitrogen and oxygen atoms in total. The molecule has 0 N–H and O–H groups in total. The minimum atomic E-state index is -4.08. The first-order valence-electron chi connectivity index (χ1n) is 8.23. The average molecular weight is 315 g/mol. The van der Waals surface area contributed by atoms with Crippen LogP contribution < -0.4 is 0 Å². The molecule has 3 heterocycles. The van der Waals surface area contributed by atoms with E-state index >= 15 is 0 Å². The summed E-state index contributed by atoms with van der Waals surface area (Å²) in [6.45, 7) is 3.00. The Hall–Kier alpha value is -0.800. The van der Waals surface area contributed by atoms with Gasteiger partial charge >= 0.3 is 6.18 Å². The van der Waals surface area contributed by atoms with Crippen molar-refractivity contribution in [1.29, 1.82) is 5.26 Å². The van der Waals surface area contributed by atoms with Gasteiger partial charge in [-0.25, -0.2) is 0 Å². The van der Waals surface area contributed by atoms with Crippen LogP contribution >= 0.6 is 0 Å². The maximum Gasteiger partial charge on any atom is 0.401 e. The van der Waals surface area contributed by atoms with E-state index in [1.54, 1.807) is 4.90 Å². The minimum absolute atomic E-state index is 0.0905. The molecule has 3 aliphatic heterocycles. The van der Waals surface area contributed by atoms with E-state index in [0.717, 1.165) is 45.2 Å². The van der Waals surface area contributed by atoms with E-state index in [0.29, 0.717) is 12.5 Å². The quantitative estimate of drug-likeness (QED) is 0.801. The second kappa shape index (κ2) is 5.68. The minimum Gasteiger partial charge on any atom is -0.297 e. The first-order chi connectivity index (χ1) is 10.3. The van der Waals surface area contributed by atoms with E-state index in [9.17, 15) is 13.2 Å². The zero-order valence-electron chi connectivity index (χ0n) is 13.1. The molecule has 0 aromatic carbocycles. The number of nitriles is 1. The van der Waals surface area contributed by atoms with Gasteiger partial charge in [0.05, 0.1) is 12.6 Å². The van der Waals surface area contributed by atoms with Crippen LogP contribution in [0.4, 0.5) is 13.2 Å². The molecular weight excluding hydrogens is 291 g/mol. The van der Waals surface area contributed by atoms with Crippen LogP contribution in [0.5, 0.6) is 0 Å². The van der Waals surface area contributed by atoms with Gasteiger partial charge in [0.25, 0.3) is 0 Å². The van der Waals surface area contributed by atoms with Gasteiger partial charge in [0.1, 0.15) is 0 Å². The number of hydrogen-bond donors (Lipinski definition) is 0. The van der Waals surface area contributed by atoms with Crippen molar-refractivity contribution in [2.75, 3.05) is 19.6 Å². The molecule has 0 aromatic heterocycles. The van der Waals surface area contributed by atoms with Crippen molar-refractivity contribution in [1.82, 2.24) is 9.80 Å². The van der Waals surface area contributed by atoms with E-state index in [1.165, 1.54) is 0 Å². The van der Waals surface area contributed by atoms with Crippen LogP contribution in [0.3, 0.4) is 0 Å². The van der Waals surface area contributed by atoms with Gasteiger partial charge in [0.15, 0.2) is 0 Å². The highest BCUT2D eigenvalue weighted by Crippen LogP contribution is 2.42. The van der Waals surface area contributed by atoms with Crippen molar-refractivity contribution in [2.45, 2.75) is 69.8 Å². The second-order valence-corrected chi connectivity index (χ2v) is 7.66. The molecule has 6 heteroatoms. The number of piperidine rings is 1. The third-order valence-corrected chi connectivity index (χ3v) is 5.92. The summed E-state index contributed by atoms with van der Waals surface area (Å²) in [5, 5.41) is 8.90. The number of nitrogens with zero attached hydrogens (tertiary/aromatic N) is 3. The lowest BCUT2D eigenvalue weighted by Crippen LogP contribution is -2.71. The highest BCUT2D eigenvalue weighted by atomic mass is 19.4. The van der Waals surface area contributed by atoms with Crippen molar-refractivity contribution in [3.63, 3.8) is 0 Å². The van der Waals surface area contributed by atoms with E-state index < -0.39 is 12.7 Å². The largest absolute Gasteiger partial charge is 0.401 e. The molecule has 2 atom stereocenters. The molecule has 1 aliphatic carbocycles. The van der Waals surface area contributed by atoms with Crippen LogP contribution in [0.15, 0.2) is 0 Å². The van der Waals surface area contributed by atoms with Crippen LogP contribution in [0, 0.1) is 16.7 Å². The Morgan fingerprint density at radius 2 is 1.73 bits per heavy atom. The summed E-state index contributed by atoms with van der Waals surface area (Å²) >= 11 is 0. The van der Waals surface area contributed by atoms with Crippen LogP contribution in [0.25, 0.3) is 0 Å². The number of hydrogen-bond acceptors (Lipinski definition) is 3. The summed E-state index contributed by atoms with van der Waals surface area (Å²) in [5.41, 5.74) is 0.145. The topological polar surface area (TPSA) is 30.3 Å². The van der Waals surface area contributed by atoms with Crippen LogP contribution in [0.1, 0.15) is 45.4 Å². The van der Waals surface area contributed by atoms with Gasteiger partial charge in [0.2, 0.25) is 0 Å². The Kier molecular flexibility index (Phi) is 4.15. The maximum absolute atomic E-state index is 12.6. The fourth-order valence-corrected chi connectivity index (χ4v) is 4.52. The summed E-state index contributed by atoms with van der Waals surface area (Å²) in [5.74, 6) is 0. The summed E-state index contributed by atoms with van der Waals surface area (Å²) in [4.78, 5) is 4.05. The summed E-state index contributed by atoms with van der Waals surface area (Å²) in [7, 11) is 0. The van der Waals surface area contributed by atoms with Gasteiger partial charge in [-0.05, 0) is 37.5 Å². The van der Waals surface area contributed by atoms with Gasteiger partial charge in [-0.15, -0.1) is 0 Å². The maximum atomic E-state index is 12.6. The fraction of sp³-hybridized carbons (Fsp3) is 0.938. The Balaban J connectivity index is 1.50. The molecule has 0 radical (unpaired) electrons. The predicted molar refractivity (Wildman–Crippen MR) is 77.1 cm³/mol. The lowest BCUT2D eigenvalue weighted by atomic mass is 9.71. The van der Waals surface area contributed by atoms with Crippen molar-refractivity contribution < 1.29 is 13.2 Å². The predicted octanol–water partition coefficient (Wildman–Crippen LogP) is 3.17. The number of rotatable bonds is 3. The SMILES string of the molecule is C[C@]1(CC#N)CC[C@@H](N2CC3CC(C2)N3CC(F)(F)F)CC1. The highest BCUT2D eigenvalue weighted by Gasteiger charge is 2.50. The van der Waals surface area contributed by atoms with Crippen LogP contribution in [0.2, 0.25) is 0 Å². The summed E-state index contributed by atoms with van der Waals surface area (Å²) < 4.78 is 37.7. The van der Waals surface area contributed by atoms with E-state index in [1.807, 2.05) is 0 Å². The Bertz CT molecular complexity index is 437. The highest BCUT2D eigenvalue weighted by molar-refractivity contribution is 5.03. The van der Waals surface area contributed by atoms with Gasteiger partial charge in [-0.1, -0.05) is 6.92 Å². The Morgan fingerprint density at radius 3 is 2.23 bits per heavy atom. The van der Waals surface area contributed by atoms with Gasteiger partial charge in [-0.3, -0.25) is 9.80 Å². The average Bonchev–Trinajstić information content (AvgIpc) is 2.45. The molecule has 3 saturated heterocycles. The van der Waals surface area contributed by atoms with E-state index in [2.05, 4.69) is 17.9 Å². The zero-order valence-corrected chi connectivity index (χ0v) is 13.1. The Morgan fingerprint density at radius 1 is 1.14 bits per heavy atom. The first-order valence-corrected chi connectivity index (χ1v) is 8.23. The van der Waals surface area contributed by atoms with Crippen LogP contribution in [-0.4, -0.2) is 53.7 Å². The number of fused-ring (bicyclic) bond motifs is 2. The van der Waals surface area contributed by atoms with Crippen molar-refractivity contribution in [3.05, 3.63) is 0 Å². The van der Waals surface area contributed by atoms with Crippen molar-refractivity contribution >= 4 is 0 Å². The zero-order chi connectivity index (χ0) is 16.0. The first kappa shape index (κ1) is 16.1. The van der Waals surface area contributed by atoms with E-state index in [4.69, 9.17) is 5.26 Å². The second-order valence-electron chi connectivity index (χ2n) is 7.66. The fourth-order valence-electron chi connectivity index (χ4n) is 4.52. The molecule has 0 aromatic rings. The van der Waals surface area contributed by atoms with Gasteiger partial charge in [-0.2, -0.15) is 18.4 Å². The lowest BCUT2D eigenvalue weighted by Gasteiger charge is -2.58. The molecule has 0 spiro atoms. The third-order valence-electron chi connectivity index (χ3n) is 5.92. The molecular formula is C16H24F3N3. The molecule has 4 aliphatic rings. The molecule has 1 saturated carbocycles. The molecule has 124 valence electrons. The molecule has 0 amide bonds. The number of alkyl halides is 3. The Labute approximate surface area is 130 Å². The summed E-state index contributed by atoms with van der Waals surface area (Å²) in [6.07, 6.45) is 1.74. The molecule has 2 bridgehead atoms. The number of piperazine rings is 1. The van der Waals surface area contributed by atoms with Crippen LogP contribution in [-0.2, 0) is 0 Å². The summed E-state index contributed by atoms with van der Waals surface area (Å²) in [6, 6.07) is 2.97. The monoisotopic (exact) mass is 315 g/mol. The third kappa shape index (κ3) is 3.26. The standard InChI is InChI=1S/C16H24F3N3/c1-15(6-7-20)4-2-12(3-5-15)21-9-13-8-14(10-21)22(13)11-16(17,18)19/h12-14H,2-6,8-11H2,1H3/t12-,13?,14?,15+. The molecule has 4 fully saturated rings. The smallest absolute Gasteiger partial charge is 0.297 e. The van der Waals surface area contributed by atoms with E-state index in [-0.39, 0.29) is 17.5 Å². The van der Waals surface area contributed by atoms with Crippen molar-refractivity contribution in [3.8, 4) is 6.07 Å². The number of halogens is 3. The van der Waals surface area contributed by atoms with Crippen molar-refractivity contribution in [2.24, 2.45) is 5.41 Å². The van der Waals surface area contributed by atoms with Gasteiger partial charge in [0, 0.05) is 37.6 Å². The lowest BCUT2D eigenvalue weighted by molar-refractivity contribution is -0.191. The molecule has 2 unspecified atom stereocenters.